The van der Waals surface area contributed by atoms with Crippen molar-refractivity contribution in [3.8, 4) is 11.3 Å². The van der Waals surface area contributed by atoms with Crippen LogP contribution in [0.5, 0.6) is 0 Å². The van der Waals surface area contributed by atoms with Crippen LogP contribution < -0.4 is 0 Å². The summed E-state index contributed by atoms with van der Waals surface area (Å²) in [5.41, 5.74) is 5.09. The maximum atomic E-state index is 14.1. The molecule has 3 aromatic rings. The van der Waals surface area contributed by atoms with Gasteiger partial charge in [-0.15, -0.1) is 0 Å². The van der Waals surface area contributed by atoms with Crippen LogP contribution in [0.1, 0.15) is 30.5 Å². The number of halogens is 1. The van der Waals surface area contributed by atoms with Crippen LogP contribution >= 0.6 is 0 Å². The van der Waals surface area contributed by atoms with Crippen LogP contribution in [0, 0.1) is 5.82 Å². The molecule has 0 saturated carbocycles. The fraction of sp³-hybridized carbons (Fsp3) is 0.368. The Kier molecular flexibility index (Phi) is 3.00. The van der Waals surface area contributed by atoms with Crippen LogP contribution in [-0.4, -0.2) is 27.2 Å². The Bertz CT molecular complexity index is 928. The zero-order valence-corrected chi connectivity index (χ0v) is 13.3. The number of H-pyrrole nitrogens is 1. The first-order chi connectivity index (χ1) is 11.7. The molecular formula is C19H18FN3O. The fourth-order valence-corrected chi connectivity index (χ4v) is 4.11. The van der Waals surface area contributed by atoms with Gasteiger partial charge < -0.3 is 9.72 Å². The average Bonchev–Trinajstić information content (AvgIpc) is 3.20. The topological polar surface area (TPSA) is 50.8 Å². The quantitative estimate of drug-likeness (QED) is 0.741. The Morgan fingerprint density at radius 2 is 2.12 bits per heavy atom. The van der Waals surface area contributed by atoms with Gasteiger partial charge in [-0.3, -0.25) is 0 Å². The number of aromatic amines is 1. The Balaban J connectivity index is 1.64. The van der Waals surface area contributed by atoms with Gasteiger partial charge in [0.2, 0.25) is 0 Å². The van der Waals surface area contributed by atoms with Crippen LogP contribution in [0.4, 0.5) is 4.39 Å². The maximum Gasteiger partial charge on any atom is 0.156 e. The van der Waals surface area contributed by atoms with Gasteiger partial charge in [-0.25, -0.2) is 14.4 Å². The van der Waals surface area contributed by atoms with E-state index >= 15 is 0 Å². The molecule has 0 amide bonds. The number of rotatable bonds is 1. The van der Waals surface area contributed by atoms with Gasteiger partial charge in [0.1, 0.15) is 11.3 Å². The Morgan fingerprint density at radius 1 is 1.21 bits per heavy atom. The number of benzene rings is 1. The van der Waals surface area contributed by atoms with E-state index in [2.05, 4.69) is 9.97 Å². The minimum atomic E-state index is -0.272. The van der Waals surface area contributed by atoms with Crippen LogP contribution in [0.3, 0.4) is 0 Å². The van der Waals surface area contributed by atoms with Crippen molar-refractivity contribution in [1.29, 1.82) is 0 Å². The largest absolute Gasteiger partial charge is 0.375 e. The minimum absolute atomic E-state index is 0.0300. The number of nitrogens with one attached hydrogen (secondary N) is 1. The zero-order valence-electron chi connectivity index (χ0n) is 13.3. The van der Waals surface area contributed by atoms with Crippen molar-refractivity contribution in [1.82, 2.24) is 15.0 Å². The SMILES string of the molecule is Fc1ccccc1-c1cnc2[nH]c3c(c2n1)CC1(CCCO1)CC3. The molecule has 5 heteroatoms. The predicted octanol–water partition coefficient (Wildman–Crippen LogP) is 3.80. The van der Waals surface area contributed by atoms with Crippen molar-refractivity contribution in [2.45, 2.75) is 37.7 Å². The number of aryl methyl sites for hydroxylation is 1. The second-order valence-corrected chi connectivity index (χ2v) is 6.83. The molecule has 5 rings (SSSR count). The minimum Gasteiger partial charge on any atom is -0.375 e. The van der Waals surface area contributed by atoms with Crippen LogP contribution in [0.2, 0.25) is 0 Å². The van der Waals surface area contributed by atoms with E-state index in [0.717, 1.165) is 49.9 Å². The van der Waals surface area contributed by atoms with E-state index in [9.17, 15) is 4.39 Å². The molecule has 2 aromatic heterocycles. The van der Waals surface area contributed by atoms with Crippen molar-refractivity contribution in [3.05, 3.63) is 47.5 Å². The van der Waals surface area contributed by atoms with E-state index in [1.807, 2.05) is 6.07 Å². The lowest BCUT2D eigenvalue weighted by atomic mass is 9.81. The van der Waals surface area contributed by atoms with E-state index < -0.39 is 0 Å². The molecule has 0 radical (unpaired) electrons. The van der Waals surface area contributed by atoms with Gasteiger partial charge in [-0.1, -0.05) is 12.1 Å². The van der Waals surface area contributed by atoms with Gasteiger partial charge in [-0.2, -0.15) is 0 Å². The third-order valence-electron chi connectivity index (χ3n) is 5.36. The first-order valence-corrected chi connectivity index (χ1v) is 8.49. The van der Waals surface area contributed by atoms with Crippen molar-refractivity contribution >= 4 is 11.2 Å². The summed E-state index contributed by atoms with van der Waals surface area (Å²) < 4.78 is 20.2. The molecule has 0 bridgehead atoms. The highest BCUT2D eigenvalue weighted by Gasteiger charge is 2.40. The highest BCUT2D eigenvalue weighted by molar-refractivity contribution is 5.80. The Hall–Kier alpha value is -2.27. The molecule has 24 heavy (non-hydrogen) atoms. The maximum absolute atomic E-state index is 14.1. The number of fused-ring (bicyclic) bond motifs is 3. The second-order valence-electron chi connectivity index (χ2n) is 6.83. The summed E-state index contributed by atoms with van der Waals surface area (Å²) in [7, 11) is 0. The predicted molar refractivity (Wildman–Crippen MR) is 89.2 cm³/mol. The van der Waals surface area contributed by atoms with E-state index in [0.29, 0.717) is 11.3 Å². The van der Waals surface area contributed by atoms with Crippen molar-refractivity contribution < 1.29 is 9.13 Å². The molecule has 1 spiro atoms. The summed E-state index contributed by atoms with van der Waals surface area (Å²) in [5, 5.41) is 0. The lowest BCUT2D eigenvalue weighted by molar-refractivity contribution is -0.00650. The Labute approximate surface area is 139 Å². The first kappa shape index (κ1) is 14.1. The normalized spacial score (nSPS) is 23.0. The molecule has 3 heterocycles. The molecule has 4 nitrogen and oxygen atoms in total. The summed E-state index contributed by atoms with van der Waals surface area (Å²) in [6, 6.07) is 6.70. The van der Waals surface area contributed by atoms with Crippen LogP contribution in [0.15, 0.2) is 30.5 Å². The lowest BCUT2D eigenvalue weighted by Crippen LogP contribution is -2.34. The molecule has 122 valence electrons. The molecule has 1 aliphatic carbocycles. The molecular weight excluding hydrogens is 305 g/mol. The van der Waals surface area contributed by atoms with E-state index in [-0.39, 0.29) is 11.4 Å². The molecule has 1 saturated heterocycles. The molecule has 1 unspecified atom stereocenters. The van der Waals surface area contributed by atoms with E-state index in [1.165, 1.54) is 17.3 Å². The van der Waals surface area contributed by atoms with Gasteiger partial charge in [0.25, 0.3) is 0 Å². The summed E-state index contributed by atoms with van der Waals surface area (Å²) in [4.78, 5) is 12.6. The summed E-state index contributed by atoms with van der Waals surface area (Å²) in [6.45, 7) is 0.851. The van der Waals surface area contributed by atoms with Crippen LogP contribution in [-0.2, 0) is 17.6 Å². The third-order valence-corrected chi connectivity index (χ3v) is 5.36. The zero-order chi connectivity index (χ0) is 16.1. The molecule has 1 fully saturated rings. The van der Waals surface area contributed by atoms with Crippen molar-refractivity contribution in [2.24, 2.45) is 0 Å². The Morgan fingerprint density at radius 3 is 2.96 bits per heavy atom. The molecule has 2 aliphatic rings. The summed E-state index contributed by atoms with van der Waals surface area (Å²) in [5.74, 6) is -0.272. The van der Waals surface area contributed by atoms with Gasteiger partial charge in [0.05, 0.1) is 17.5 Å². The van der Waals surface area contributed by atoms with Crippen molar-refractivity contribution in [3.63, 3.8) is 0 Å². The number of aromatic nitrogens is 3. The van der Waals surface area contributed by atoms with Crippen molar-refractivity contribution in [2.75, 3.05) is 6.61 Å². The number of nitrogens with zero attached hydrogens (tertiary/aromatic N) is 2. The molecule has 1 aliphatic heterocycles. The average molecular weight is 323 g/mol. The van der Waals surface area contributed by atoms with E-state index in [4.69, 9.17) is 9.72 Å². The molecule has 1 N–H and O–H groups in total. The number of hydrogen-bond donors (Lipinski definition) is 1. The smallest absolute Gasteiger partial charge is 0.156 e. The summed E-state index contributed by atoms with van der Waals surface area (Å²) in [6.07, 6.45) is 6.76. The third kappa shape index (κ3) is 2.08. The van der Waals surface area contributed by atoms with E-state index in [1.54, 1.807) is 18.3 Å². The molecule has 1 aromatic carbocycles. The van der Waals surface area contributed by atoms with Gasteiger partial charge in [0, 0.05) is 29.8 Å². The number of hydrogen-bond acceptors (Lipinski definition) is 3. The monoisotopic (exact) mass is 323 g/mol. The standard InChI is InChI=1S/C19H18FN3O/c20-14-5-2-1-4-12(14)16-11-21-18-17(22-16)13-10-19(7-3-9-24-19)8-6-15(13)23-18/h1-2,4-5,11H,3,6-10H2,(H,21,23). The first-order valence-electron chi connectivity index (χ1n) is 8.49. The fourth-order valence-electron chi connectivity index (χ4n) is 4.11. The second kappa shape index (κ2) is 5.11. The van der Waals surface area contributed by atoms with Gasteiger partial charge >= 0.3 is 0 Å². The van der Waals surface area contributed by atoms with Gasteiger partial charge in [0.15, 0.2) is 5.65 Å². The van der Waals surface area contributed by atoms with Crippen LogP contribution in [0.25, 0.3) is 22.4 Å². The lowest BCUT2D eigenvalue weighted by Gasteiger charge is -2.32. The highest BCUT2D eigenvalue weighted by Crippen LogP contribution is 2.40. The van der Waals surface area contributed by atoms with Gasteiger partial charge in [-0.05, 0) is 37.8 Å². The highest BCUT2D eigenvalue weighted by atomic mass is 19.1. The number of ether oxygens (including phenoxy) is 1. The summed E-state index contributed by atoms with van der Waals surface area (Å²) >= 11 is 0. The molecule has 1 atom stereocenters.